The van der Waals surface area contributed by atoms with Gasteiger partial charge in [0.15, 0.2) is 5.75 Å². The molecule has 0 radical (unpaired) electrons. The largest absolute Gasteiger partial charge is 0.491 e. The van der Waals surface area contributed by atoms with E-state index in [9.17, 15) is 10.4 Å². The van der Waals surface area contributed by atoms with Crippen LogP contribution in [0.3, 0.4) is 0 Å². The molecule has 0 aliphatic heterocycles. The van der Waals surface area contributed by atoms with Crippen LogP contribution in [0, 0.1) is 11.3 Å². The Bertz CT molecular complexity index is 891. The Kier molecular flexibility index (Phi) is 6.17. The van der Waals surface area contributed by atoms with E-state index < -0.39 is 0 Å². The lowest BCUT2D eigenvalue weighted by molar-refractivity contribution is 0.144. The van der Waals surface area contributed by atoms with E-state index in [1.807, 2.05) is 0 Å². The Morgan fingerprint density at radius 1 is 1.30 bits per heavy atom. The van der Waals surface area contributed by atoms with E-state index >= 15 is 0 Å². The van der Waals surface area contributed by atoms with Crippen molar-refractivity contribution >= 4 is 34.9 Å². The lowest BCUT2D eigenvalue weighted by Gasteiger charge is -2.15. The molecule has 0 saturated heterocycles. The molecule has 3 rings (SSSR count). The first-order valence-corrected chi connectivity index (χ1v) is 9.08. The van der Waals surface area contributed by atoms with Crippen LogP contribution in [0.2, 0.25) is 10.0 Å². The lowest BCUT2D eigenvalue weighted by Crippen LogP contribution is -2.15. The molecule has 27 heavy (non-hydrogen) atoms. The molecule has 1 fully saturated rings. The molecule has 8 heteroatoms. The third kappa shape index (κ3) is 4.51. The van der Waals surface area contributed by atoms with Gasteiger partial charge in [-0.05, 0) is 31.1 Å². The first kappa shape index (κ1) is 19.4. The van der Waals surface area contributed by atoms with Crippen molar-refractivity contribution in [3.63, 3.8) is 0 Å². The molecule has 2 aromatic heterocycles. The van der Waals surface area contributed by atoms with Crippen LogP contribution in [0.1, 0.15) is 30.5 Å². The van der Waals surface area contributed by atoms with Crippen LogP contribution in [0.5, 0.6) is 11.6 Å². The van der Waals surface area contributed by atoms with Crippen molar-refractivity contribution in [2.24, 2.45) is 0 Å². The molecular weight excluding hydrogens is 389 g/mol. The van der Waals surface area contributed by atoms with Crippen molar-refractivity contribution < 1.29 is 14.6 Å². The van der Waals surface area contributed by atoms with Crippen molar-refractivity contribution in [3.8, 4) is 17.7 Å². The maximum Gasteiger partial charge on any atom is 0.257 e. The zero-order valence-electron chi connectivity index (χ0n) is 14.5. The quantitative estimate of drug-likeness (QED) is 0.751. The molecule has 2 atom stereocenters. The molecule has 0 aromatic carbocycles. The van der Waals surface area contributed by atoms with Crippen LogP contribution in [-0.2, 0) is 0 Å². The lowest BCUT2D eigenvalue weighted by atomic mass is 10.1. The highest BCUT2D eigenvalue weighted by Crippen LogP contribution is 2.33. The average molecular weight is 406 g/mol. The van der Waals surface area contributed by atoms with Crippen molar-refractivity contribution in [1.82, 2.24) is 9.97 Å². The van der Waals surface area contributed by atoms with Gasteiger partial charge in [-0.15, -0.1) is 0 Å². The monoisotopic (exact) mass is 405 g/mol. The second-order valence-corrected chi connectivity index (χ2v) is 6.91. The summed E-state index contributed by atoms with van der Waals surface area (Å²) in [5.74, 6) is 0.736. The summed E-state index contributed by atoms with van der Waals surface area (Å²) >= 11 is 12.3. The molecule has 0 unspecified atom stereocenters. The molecule has 2 heterocycles. The summed E-state index contributed by atoms with van der Waals surface area (Å²) in [6.45, 7) is 0. The third-order valence-electron chi connectivity index (χ3n) is 4.26. The number of methoxy groups -OCH3 is 1. The fourth-order valence-electron chi connectivity index (χ4n) is 2.87. The average Bonchev–Trinajstić information content (AvgIpc) is 3.06. The van der Waals surface area contributed by atoms with Gasteiger partial charge in [-0.1, -0.05) is 23.2 Å². The molecule has 1 N–H and O–H groups in total. The summed E-state index contributed by atoms with van der Waals surface area (Å²) in [5.41, 5.74) is 1.16. The maximum atomic E-state index is 9.69. The van der Waals surface area contributed by atoms with Gasteiger partial charge in [-0.3, -0.25) is 4.98 Å². The van der Waals surface area contributed by atoms with E-state index in [2.05, 4.69) is 16.0 Å². The topological polar surface area (TPSA) is 88.3 Å². The summed E-state index contributed by atoms with van der Waals surface area (Å²) in [6.07, 6.45) is 5.92. The highest BCUT2D eigenvalue weighted by Gasteiger charge is 2.26. The van der Waals surface area contributed by atoms with Gasteiger partial charge >= 0.3 is 0 Å². The van der Waals surface area contributed by atoms with E-state index in [-0.39, 0.29) is 23.7 Å². The van der Waals surface area contributed by atoms with Gasteiger partial charge < -0.3 is 14.6 Å². The Labute approximate surface area is 167 Å². The number of aromatic nitrogens is 2. The fourth-order valence-corrected chi connectivity index (χ4v) is 3.34. The molecule has 0 bridgehead atoms. The number of pyridine rings is 2. The predicted octanol–water partition coefficient (Wildman–Crippen LogP) is 4.15. The van der Waals surface area contributed by atoms with Gasteiger partial charge in [-0.2, -0.15) is 5.26 Å². The summed E-state index contributed by atoms with van der Waals surface area (Å²) in [5, 5.41) is 19.9. The second kappa shape index (κ2) is 8.57. The van der Waals surface area contributed by atoms with Gasteiger partial charge in [0.2, 0.25) is 0 Å². The fraction of sp³-hybridized carbons (Fsp3) is 0.316. The van der Waals surface area contributed by atoms with Gasteiger partial charge in [0.1, 0.15) is 12.2 Å². The summed E-state index contributed by atoms with van der Waals surface area (Å²) in [4.78, 5) is 8.34. The molecule has 0 spiro atoms. The van der Waals surface area contributed by atoms with E-state index in [4.69, 9.17) is 32.7 Å². The van der Waals surface area contributed by atoms with Gasteiger partial charge in [0.05, 0.1) is 34.5 Å². The Morgan fingerprint density at radius 3 is 2.63 bits per heavy atom. The normalized spacial score (nSPS) is 19.6. The highest BCUT2D eigenvalue weighted by molar-refractivity contribution is 6.37. The number of aliphatic hydroxyl groups is 1. The van der Waals surface area contributed by atoms with E-state index in [0.717, 1.165) is 6.42 Å². The molecule has 0 amide bonds. The SMILES string of the molecule is COc1ccc(/C(C#N)=C/c2c(Cl)cncc2Cl)nc1O[C@@H]1CC[C@H](O)C1. The number of nitriles is 1. The van der Waals surface area contributed by atoms with Crippen LogP contribution in [-0.4, -0.2) is 34.4 Å². The number of hydrogen-bond acceptors (Lipinski definition) is 6. The first-order valence-electron chi connectivity index (χ1n) is 8.32. The number of ether oxygens (including phenoxy) is 2. The Hall–Kier alpha value is -2.33. The van der Waals surface area contributed by atoms with Crippen LogP contribution in [0.15, 0.2) is 24.5 Å². The van der Waals surface area contributed by atoms with E-state index in [1.54, 1.807) is 18.2 Å². The van der Waals surface area contributed by atoms with Crippen LogP contribution in [0.4, 0.5) is 0 Å². The first-order chi connectivity index (χ1) is 13.0. The van der Waals surface area contributed by atoms with E-state index in [1.165, 1.54) is 19.5 Å². The predicted molar refractivity (Wildman–Crippen MR) is 103 cm³/mol. The molecule has 6 nitrogen and oxygen atoms in total. The molecule has 1 aliphatic carbocycles. The molecule has 1 saturated carbocycles. The van der Waals surface area contributed by atoms with Gasteiger partial charge in [0, 0.05) is 24.4 Å². The Balaban J connectivity index is 1.96. The molecule has 140 valence electrons. The smallest absolute Gasteiger partial charge is 0.257 e. The minimum absolute atomic E-state index is 0.143. The minimum atomic E-state index is -0.366. The second-order valence-electron chi connectivity index (χ2n) is 6.10. The summed E-state index contributed by atoms with van der Waals surface area (Å²) < 4.78 is 11.2. The van der Waals surface area contributed by atoms with E-state index in [0.29, 0.717) is 39.9 Å². The molecule has 1 aliphatic rings. The number of hydrogen-bond donors (Lipinski definition) is 1. The standard InChI is InChI=1S/C19H17Cl2N3O3/c1-26-18-5-4-17(24-19(18)27-13-3-2-12(25)7-13)11(8-22)6-14-15(20)9-23-10-16(14)21/h4-6,9-10,12-13,25H,2-3,7H2,1H3/b11-6+/t12-,13+/m0/s1. The van der Waals surface area contributed by atoms with Crippen LogP contribution >= 0.6 is 23.2 Å². The van der Waals surface area contributed by atoms with Gasteiger partial charge in [-0.25, -0.2) is 4.98 Å². The minimum Gasteiger partial charge on any atom is -0.491 e. The highest BCUT2D eigenvalue weighted by atomic mass is 35.5. The number of halogens is 2. The third-order valence-corrected chi connectivity index (χ3v) is 4.86. The Morgan fingerprint density at radius 2 is 2.04 bits per heavy atom. The van der Waals surface area contributed by atoms with Crippen molar-refractivity contribution in [1.29, 1.82) is 5.26 Å². The van der Waals surface area contributed by atoms with Crippen molar-refractivity contribution in [2.75, 3.05) is 7.11 Å². The maximum absolute atomic E-state index is 9.69. The summed E-state index contributed by atoms with van der Waals surface area (Å²) in [7, 11) is 1.52. The number of rotatable bonds is 5. The zero-order valence-corrected chi connectivity index (χ0v) is 16.0. The summed E-state index contributed by atoms with van der Waals surface area (Å²) in [6, 6.07) is 5.46. The number of allylic oxidation sites excluding steroid dienone is 1. The molecule has 2 aromatic rings. The van der Waals surface area contributed by atoms with Gasteiger partial charge in [0.25, 0.3) is 5.88 Å². The van der Waals surface area contributed by atoms with Crippen molar-refractivity contribution in [2.45, 2.75) is 31.5 Å². The zero-order chi connectivity index (χ0) is 19.4. The van der Waals surface area contributed by atoms with Crippen LogP contribution < -0.4 is 9.47 Å². The number of aliphatic hydroxyl groups excluding tert-OH is 1. The van der Waals surface area contributed by atoms with Crippen LogP contribution in [0.25, 0.3) is 11.6 Å². The molecular formula is C19H17Cl2N3O3. The number of nitrogens with zero attached hydrogens (tertiary/aromatic N) is 3. The van der Waals surface area contributed by atoms with Crippen molar-refractivity contribution in [3.05, 3.63) is 45.8 Å².